The zero-order chi connectivity index (χ0) is 20.1. The molecule has 7 nitrogen and oxygen atoms in total. The van der Waals surface area contributed by atoms with Crippen LogP contribution in [0.2, 0.25) is 0 Å². The summed E-state index contributed by atoms with van der Waals surface area (Å²) in [5.74, 6) is 2.31. The Morgan fingerprint density at radius 1 is 1.24 bits per heavy atom. The fraction of sp³-hybridized carbons (Fsp3) is 0.682. The number of piperazine rings is 3. The van der Waals surface area contributed by atoms with Gasteiger partial charge in [0.05, 0.1) is 13.2 Å². The van der Waals surface area contributed by atoms with Crippen molar-refractivity contribution >= 4 is 5.96 Å². The zero-order valence-corrected chi connectivity index (χ0v) is 17.8. The number of nitrogens with zero attached hydrogens (tertiary/aromatic N) is 3. The minimum absolute atomic E-state index is 0.502. The molecule has 29 heavy (non-hydrogen) atoms. The van der Waals surface area contributed by atoms with E-state index in [0.29, 0.717) is 18.5 Å². The molecule has 160 valence electrons. The van der Waals surface area contributed by atoms with Gasteiger partial charge in [-0.2, -0.15) is 0 Å². The Balaban J connectivity index is 1.28. The molecule has 1 aromatic rings. The first-order valence-corrected chi connectivity index (χ1v) is 10.9. The molecule has 4 aliphatic heterocycles. The monoisotopic (exact) mass is 401 g/mol. The highest BCUT2D eigenvalue weighted by Crippen LogP contribution is 2.22. The number of aryl methyl sites for hydroxylation is 1. The maximum Gasteiger partial charge on any atom is 0.191 e. The van der Waals surface area contributed by atoms with Gasteiger partial charge in [-0.25, -0.2) is 0 Å². The third-order valence-electron chi connectivity index (χ3n) is 6.29. The molecule has 4 saturated heterocycles. The van der Waals surface area contributed by atoms with E-state index in [0.717, 1.165) is 56.6 Å². The highest BCUT2D eigenvalue weighted by atomic mass is 16.5. The number of hydrogen-bond donors (Lipinski definition) is 2. The minimum atomic E-state index is 0.502. The highest BCUT2D eigenvalue weighted by molar-refractivity contribution is 5.79. The number of benzene rings is 1. The smallest absolute Gasteiger partial charge is 0.191 e. The first kappa shape index (κ1) is 20.4. The third-order valence-corrected chi connectivity index (χ3v) is 6.29. The Kier molecular flexibility index (Phi) is 6.90. The van der Waals surface area contributed by atoms with E-state index in [2.05, 4.69) is 50.5 Å². The van der Waals surface area contributed by atoms with E-state index in [4.69, 9.17) is 9.47 Å². The van der Waals surface area contributed by atoms with Crippen molar-refractivity contribution in [2.45, 2.75) is 25.9 Å². The van der Waals surface area contributed by atoms with E-state index in [-0.39, 0.29) is 0 Å². The van der Waals surface area contributed by atoms with Gasteiger partial charge >= 0.3 is 0 Å². The molecular formula is C22H35N5O2. The molecule has 2 unspecified atom stereocenters. The summed E-state index contributed by atoms with van der Waals surface area (Å²) < 4.78 is 11.6. The molecule has 5 rings (SSSR count). The fourth-order valence-electron chi connectivity index (χ4n) is 4.40. The average molecular weight is 402 g/mol. The molecule has 4 aliphatic rings. The molecule has 2 atom stereocenters. The molecule has 2 N–H and O–H groups in total. The Morgan fingerprint density at radius 3 is 2.79 bits per heavy atom. The van der Waals surface area contributed by atoms with Gasteiger partial charge in [-0.3, -0.25) is 14.8 Å². The molecule has 0 spiro atoms. The van der Waals surface area contributed by atoms with E-state index in [1.807, 2.05) is 7.05 Å². The van der Waals surface area contributed by atoms with Gasteiger partial charge in [0.25, 0.3) is 0 Å². The first-order valence-electron chi connectivity index (χ1n) is 10.9. The summed E-state index contributed by atoms with van der Waals surface area (Å²) in [7, 11) is 1.83. The number of nitrogens with one attached hydrogen (secondary N) is 2. The lowest BCUT2D eigenvalue weighted by molar-refractivity contribution is 0.0154. The number of rotatable bonds is 7. The molecule has 4 fully saturated rings. The maximum atomic E-state index is 6.16. The van der Waals surface area contributed by atoms with Crippen molar-refractivity contribution < 1.29 is 9.47 Å². The summed E-state index contributed by atoms with van der Waals surface area (Å²) in [4.78, 5) is 9.57. The van der Waals surface area contributed by atoms with Gasteiger partial charge in [0.15, 0.2) is 5.96 Å². The van der Waals surface area contributed by atoms with Crippen molar-refractivity contribution in [2.75, 3.05) is 66.1 Å². The quantitative estimate of drug-likeness (QED) is 0.527. The van der Waals surface area contributed by atoms with Crippen molar-refractivity contribution in [2.24, 2.45) is 10.9 Å². The van der Waals surface area contributed by atoms with Crippen LogP contribution < -0.4 is 15.4 Å². The molecule has 0 saturated carbocycles. The lowest BCUT2D eigenvalue weighted by atomic mass is 10.1. The van der Waals surface area contributed by atoms with Crippen LogP contribution in [-0.4, -0.2) is 87.9 Å². The second kappa shape index (κ2) is 9.78. The molecule has 4 heterocycles. The fourth-order valence-corrected chi connectivity index (χ4v) is 4.40. The predicted molar refractivity (Wildman–Crippen MR) is 116 cm³/mol. The molecule has 2 bridgehead atoms. The summed E-state index contributed by atoms with van der Waals surface area (Å²) in [5, 5.41) is 6.97. The number of hydrogen-bond acceptors (Lipinski definition) is 5. The van der Waals surface area contributed by atoms with E-state index < -0.39 is 0 Å². The van der Waals surface area contributed by atoms with Crippen LogP contribution in [0.4, 0.5) is 0 Å². The van der Waals surface area contributed by atoms with Crippen molar-refractivity contribution in [3.05, 3.63) is 29.3 Å². The minimum Gasteiger partial charge on any atom is -0.493 e. The molecule has 0 aliphatic carbocycles. The van der Waals surface area contributed by atoms with Gasteiger partial charge in [-0.15, -0.1) is 0 Å². The van der Waals surface area contributed by atoms with E-state index >= 15 is 0 Å². The summed E-state index contributed by atoms with van der Waals surface area (Å²) in [6, 6.07) is 6.99. The van der Waals surface area contributed by atoms with Gasteiger partial charge < -0.3 is 20.1 Å². The van der Waals surface area contributed by atoms with Crippen LogP contribution in [0.15, 0.2) is 23.2 Å². The molecule has 0 radical (unpaired) electrons. The third kappa shape index (κ3) is 5.41. The largest absolute Gasteiger partial charge is 0.493 e. The maximum absolute atomic E-state index is 6.16. The van der Waals surface area contributed by atoms with E-state index in [1.54, 1.807) is 0 Å². The summed E-state index contributed by atoms with van der Waals surface area (Å²) in [6.07, 6.45) is 1.09. The van der Waals surface area contributed by atoms with Crippen LogP contribution in [0.25, 0.3) is 0 Å². The van der Waals surface area contributed by atoms with Crippen LogP contribution in [0.1, 0.15) is 17.5 Å². The second-order valence-electron chi connectivity index (χ2n) is 8.45. The van der Waals surface area contributed by atoms with Crippen molar-refractivity contribution in [3.63, 3.8) is 0 Å². The Morgan fingerprint density at radius 2 is 2.10 bits per heavy atom. The van der Waals surface area contributed by atoms with Crippen molar-refractivity contribution in [1.82, 2.24) is 20.4 Å². The van der Waals surface area contributed by atoms with Gasteiger partial charge in [-0.1, -0.05) is 12.1 Å². The summed E-state index contributed by atoms with van der Waals surface area (Å²) in [5.41, 5.74) is 2.37. The van der Waals surface area contributed by atoms with Crippen LogP contribution in [-0.2, 0) is 11.3 Å². The highest BCUT2D eigenvalue weighted by Gasteiger charge is 2.31. The predicted octanol–water partition coefficient (Wildman–Crippen LogP) is 1.08. The zero-order valence-electron chi connectivity index (χ0n) is 17.8. The molecule has 7 heteroatoms. The van der Waals surface area contributed by atoms with Crippen molar-refractivity contribution in [1.29, 1.82) is 0 Å². The molecule has 0 aromatic heterocycles. The van der Waals surface area contributed by atoms with E-state index in [1.165, 1.54) is 31.7 Å². The average Bonchev–Trinajstić information content (AvgIpc) is 3.28. The lowest BCUT2D eigenvalue weighted by Crippen LogP contribution is -2.63. The van der Waals surface area contributed by atoms with Gasteiger partial charge in [0.1, 0.15) is 5.75 Å². The Labute approximate surface area is 174 Å². The molecule has 1 aromatic carbocycles. The molecule has 0 amide bonds. The van der Waals surface area contributed by atoms with E-state index in [9.17, 15) is 0 Å². The van der Waals surface area contributed by atoms with Crippen LogP contribution in [0.3, 0.4) is 0 Å². The molecular weight excluding hydrogens is 366 g/mol. The number of aliphatic imine (C=N–C) groups is 1. The second-order valence-corrected chi connectivity index (χ2v) is 8.45. The number of ether oxygens (including phenoxy) is 2. The van der Waals surface area contributed by atoms with Crippen LogP contribution >= 0.6 is 0 Å². The Hall–Kier alpha value is -1.83. The van der Waals surface area contributed by atoms with Crippen molar-refractivity contribution in [3.8, 4) is 5.75 Å². The number of fused-ring (bicyclic) bond motifs is 3. The van der Waals surface area contributed by atoms with Crippen LogP contribution in [0.5, 0.6) is 5.75 Å². The van der Waals surface area contributed by atoms with Gasteiger partial charge in [-0.05, 0) is 25.0 Å². The number of guanidine groups is 1. The van der Waals surface area contributed by atoms with Crippen LogP contribution in [0, 0.1) is 12.8 Å². The SMILES string of the molecule is CN=C(NCc1ccc(C)cc1OCC1CCOC1)NCC1CN2CCN1CC2. The van der Waals surface area contributed by atoms with Gasteiger partial charge in [0, 0.05) is 77.0 Å². The topological polar surface area (TPSA) is 61.4 Å². The Bertz CT molecular complexity index is 696. The normalized spacial score (nSPS) is 29.1. The summed E-state index contributed by atoms with van der Waals surface area (Å²) >= 11 is 0. The van der Waals surface area contributed by atoms with Gasteiger partial charge in [0.2, 0.25) is 0 Å². The standard InChI is InChI=1S/C22H35N5O2/c1-17-3-4-19(21(11-17)29-16-18-5-10-28-15-18)12-24-22(23-2)25-13-20-14-26-6-8-27(20)9-7-26/h3-4,11,18,20H,5-10,12-16H2,1-2H3,(H2,23,24,25). The lowest BCUT2D eigenvalue weighted by Gasteiger charge is -2.47. The summed E-state index contributed by atoms with van der Waals surface area (Å²) in [6.45, 7) is 12.1. The first-order chi connectivity index (χ1) is 14.2.